The summed E-state index contributed by atoms with van der Waals surface area (Å²) in [6.07, 6.45) is 12.4. The van der Waals surface area contributed by atoms with Crippen LogP contribution in [0.4, 0.5) is 4.39 Å². The van der Waals surface area contributed by atoms with E-state index in [2.05, 4.69) is 74.1 Å². The highest BCUT2D eigenvalue weighted by Crippen LogP contribution is 2.35. The van der Waals surface area contributed by atoms with Crippen LogP contribution in [0.2, 0.25) is 0 Å². The second kappa shape index (κ2) is 11.7. The van der Waals surface area contributed by atoms with E-state index < -0.39 is 0 Å². The number of hydrogen-bond acceptors (Lipinski definition) is 3. The topological polar surface area (TPSA) is 60.6 Å². The minimum absolute atomic E-state index is 0.203. The molecule has 0 bridgehead atoms. The number of hydrogen-bond donors (Lipinski definition) is 2. The number of benzene rings is 2. The Balaban J connectivity index is 1.34. The number of aromatic amines is 2. The van der Waals surface area contributed by atoms with E-state index in [4.69, 9.17) is 0 Å². The number of nitrogens with zero attached hydrogens (tertiary/aromatic N) is 3. The Bertz CT molecular complexity index is 1780. The standard InChI is InChI=1S/C35H36FN5/c1-4-23(3)17-25(5-2)26-10-11-32-31(21-26)34(40-39-32)33-22-30-29(12-13-37-35(30)38-33)27-18-24(19-28(36)20-27)9-8-16-41-14-6-7-15-41/h4-5,10-13,17-22H,1,6-9,14-16H2,2-3H3,(H,37,38)(H,39,40)/b23-17-,25-5+. The number of likely N-dealkylation sites (tertiary alicyclic amines) is 1. The van der Waals surface area contributed by atoms with E-state index in [1.165, 1.54) is 25.9 Å². The van der Waals surface area contributed by atoms with Gasteiger partial charge in [0.25, 0.3) is 0 Å². The lowest BCUT2D eigenvalue weighted by Gasteiger charge is -2.14. The molecule has 0 atom stereocenters. The predicted octanol–water partition coefficient (Wildman–Crippen LogP) is 8.48. The normalized spacial score (nSPS) is 14.9. The van der Waals surface area contributed by atoms with Crippen molar-refractivity contribution in [1.29, 1.82) is 0 Å². The third-order valence-corrected chi connectivity index (χ3v) is 8.11. The maximum Gasteiger partial charge on any atom is 0.138 e. The number of nitrogens with one attached hydrogen (secondary N) is 2. The Hall–Kier alpha value is -4.29. The van der Waals surface area contributed by atoms with Crippen LogP contribution in [0.15, 0.2) is 85.1 Å². The molecule has 1 fully saturated rings. The number of pyridine rings is 1. The molecule has 0 spiro atoms. The number of aryl methyl sites for hydroxylation is 1. The lowest BCUT2D eigenvalue weighted by atomic mass is 9.98. The first-order chi connectivity index (χ1) is 20.0. The van der Waals surface area contributed by atoms with Crippen molar-refractivity contribution in [1.82, 2.24) is 25.1 Å². The van der Waals surface area contributed by atoms with Gasteiger partial charge in [0, 0.05) is 17.0 Å². The van der Waals surface area contributed by atoms with Gasteiger partial charge in [-0.2, -0.15) is 5.10 Å². The number of rotatable bonds is 9. The smallest absolute Gasteiger partial charge is 0.138 e. The van der Waals surface area contributed by atoms with E-state index in [1.807, 2.05) is 26.0 Å². The Morgan fingerprint density at radius 1 is 1.07 bits per heavy atom. The summed E-state index contributed by atoms with van der Waals surface area (Å²) >= 11 is 0. The molecule has 0 amide bonds. The first kappa shape index (κ1) is 26.9. The summed E-state index contributed by atoms with van der Waals surface area (Å²) in [6.45, 7) is 11.4. The quantitative estimate of drug-likeness (QED) is 0.183. The molecule has 5 aromatic rings. The second-order valence-electron chi connectivity index (χ2n) is 11.0. The van der Waals surface area contributed by atoms with E-state index in [0.717, 1.165) is 86.1 Å². The van der Waals surface area contributed by atoms with Gasteiger partial charge in [-0.05, 0) is 123 Å². The van der Waals surface area contributed by atoms with Crippen molar-refractivity contribution in [2.24, 2.45) is 0 Å². The molecule has 2 N–H and O–H groups in total. The third-order valence-electron chi connectivity index (χ3n) is 8.11. The molecule has 5 nitrogen and oxygen atoms in total. The maximum atomic E-state index is 14.8. The van der Waals surface area contributed by atoms with Crippen LogP contribution in [0.1, 0.15) is 44.2 Å². The zero-order valence-electron chi connectivity index (χ0n) is 23.8. The summed E-state index contributed by atoms with van der Waals surface area (Å²) in [5, 5.41) is 9.80. The SMILES string of the molecule is C=C/C(C)=C\C(=C/C)c1ccc2[nH]nc(-c3cc4c(-c5cc(F)cc(CCCN6CCCC6)c5)ccnc4[nH]3)c2c1. The molecule has 0 radical (unpaired) electrons. The summed E-state index contributed by atoms with van der Waals surface area (Å²) in [5.41, 5.74) is 9.60. The molecule has 0 aliphatic carbocycles. The summed E-state index contributed by atoms with van der Waals surface area (Å²) in [6, 6.07) is 15.8. The highest BCUT2D eigenvalue weighted by molar-refractivity contribution is 6.00. The summed E-state index contributed by atoms with van der Waals surface area (Å²) < 4.78 is 14.8. The largest absolute Gasteiger partial charge is 0.338 e. The molecule has 1 saturated heterocycles. The molecule has 2 aromatic carbocycles. The number of aromatic nitrogens is 4. The van der Waals surface area contributed by atoms with Crippen LogP contribution in [0.3, 0.4) is 0 Å². The fraction of sp³-hybridized carbons (Fsp3) is 0.257. The molecule has 0 unspecified atom stereocenters. The Labute approximate surface area is 240 Å². The lowest BCUT2D eigenvalue weighted by molar-refractivity contribution is 0.334. The van der Waals surface area contributed by atoms with Crippen LogP contribution < -0.4 is 0 Å². The van der Waals surface area contributed by atoms with Gasteiger partial charge in [-0.1, -0.05) is 42.5 Å². The van der Waals surface area contributed by atoms with E-state index in [9.17, 15) is 4.39 Å². The molecule has 4 heterocycles. The van der Waals surface area contributed by atoms with Crippen molar-refractivity contribution < 1.29 is 4.39 Å². The minimum Gasteiger partial charge on any atom is -0.338 e. The molecule has 6 rings (SSSR count). The highest BCUT2D eigenvalue weighted by atomic mass is 19.1. The first-order valence-electron chi connectivity index (χ1n) is 14.5. The highest BCUT2D eigenvalue weighted by Gasteiger charge is 2.16. The van der Waals surface area contributed by atoms with Crippen molar-refractivity contribution in [3.05, 3.63) is 102 Å². The lowest BCUT2D eigenvalue weighted by Crippen LogP contribution is -2.20. The third kappa shape index (κ3) is 5.66. The van der Waals surface area contributed by atoms with Crippen molar-refractivity contribution >= 4 is 27.5 Å². The summed E-state index contributed by atoms with van der Waals surface area (Å²) in [7, 11) is 0. The van der Waals surface area contributed by atoms with Crippen molar-refractivity contribution in [3.63, 3.8) is 0 Å². The molecule has 208 valence electrons. The molecule has 3 aromatic heterocycles. The van der Waals surface area contributed by atoms with Gasteiger partial charge in [-0.3, -0.25) is 5.10 Å². The minimum atomic E-state index is -0.203. The first-order valence-corrected chi connectivity index (χ1v) is 14.5. The van der Waals surface area contributed by atoms with E-state index in [1.54, 1.807) is 18.3 Å². The number of allylic oxidation sites excluding steroid dienone is 5. The molecule has 6 heteroatoms. The van der Waals surface area contributed by atoms with Gasteiger partial charge in [-0.25, -0.2) is 9.37 Å². The molecule has 0 saturated carbocycles. The van der Waals surface area contributed by atoms with Crippen molar-refractivity contribution in [2.45, 2.75) is 39.5 Å². The number of fused-ring (bicyclic) bond motifs is 2. The fourth-order valence-electron chi connectivity index (χ4n) is 5.91. The van der Waals surface area contributed by atoms with Gasteiger partial charge in [0.2, 0.25) is 0 Å². The van der Waals surface area contributed by atoms with E-state index in [0.29, 0.717) is 0 Å². The Morgan fingerprint density at radius 3 is 2.73 bits per heavy atom. The number of halogens is 1. The van der Waals surface area contributed by atoms with Gasteiger partial charge in [-0.15, -0.1) is 0 Å². The number of H-pyrrole nitrogens is 2. The van der Waals surface area contributed by atoms with Crippen LogP contribution in [0.5, 0.6) is 0 Å². The van der Waals surface area contributed by atoms with Gasteiger partial charge < -0.3 is 9.88 Å². The second-order valence-corrected chi connectivity index (χ2v) is 11.0. The molecular weight excluding hydrogens is 509 g/mol. The van der Waals surface area contributed by atoms with Crippen LogP contribution in [-0.2, 0) is 6.42 Å². The Kier molecular flexibility index (Phi) is 7.66. The van der Waals surface area contributed by atoms with Crippen molar-refractivity contribution in [3.8, 4) is 22.5 Å². The zero-order valence-corrected chi connectivity index (χ0v) is 23.8. The fourth-order valence-corrected chi connectivity index (χ4v) is 5.91. The van der Waals surface area contributed by atoms with Gasteiger partial charge >= 0.3 is 0 Å². The maximum absolute atomic E-state index is 14.8. The molecular formula is C35H36FN5. The van der Waals surface area contributed by atoms with E-state index in [-0.39, 0.29) is 5.82 Å². The van der Waals surface area contributed by atoms with Crippen LogP contribution in [0.25, 0.3) is 50.0 Å². The van der Waals surface area contributed by atoms with Gasteiger partial charge in [0.15, 0.2) is 0 Å². The average Bonchev–Trinajstić information content (AvgIpc) is 3.74. The average molecular weight is 546 g/mol. The van der Waals surface area contributed by atoms with E-state index >= 15 is 0 Å². The molecule has 41 heavy (non-hydrogen) atoms. The summed E-state index contributed by atoms with van der Waals surface area (Å²) in [5.74, 6) is -0.203. The summed E-state index contributed by atoms with van der Waals surface area (Å²) in [4.78, 5) is 10.6. The molecule has 1 aliphatic heterocycles. The van der Waals surface area contributed by atoms with Crippen LogP contribution in [0, 0.1) is 5.82 Å². The van der Waals surface area contributed by atoms with Crippen LogP contribution >= 0.6 is 0 Å². The van der Waals surface area contributed by atoms with Gasteiger partial charge in [0.05, 0.1) is 11.2 Å². The predicted molar refractivity (Wildman–Crippen MR) is 168 cm³/mol. The molecule has 1 aliphatic rings. The monoisotopic (exact) mass is 545 g/mol. The zero-order chi connectivity index (χ0) is 28.3. The van der Waals surface area contributed by atoms with Gasteiger partial charge in [0.1, 0.15) is 17.2 Å². The Morgan fingerprint density at radius 2 is 1.93 bits per heavy atom. The van der Waals surface area contributed by atoms with Crippen LogP contribution in [-0.4, -0.2) is 44.7 Å². The van der Waals surface area contributed by atoms with Crippen molar-refractivity contribution in [2.75, 3.05) is 19.6 Å².